The zero-order valence-electron chi connectivity index (χ0n) is 10.7. The van der Waals surface area contributed by atoms with E-state index in [0.29, 0.717) is 19.4 Å². The van der Waals surface area contributed by atoms with Gasteiger partial charge in [-0.2, -0.15) is 0 Å². The Morgan fingerprint density at radius 3 is 2.67 bits per heavy atom. The summed E-state index contributed by atoms with van der Waals surface area (Å²) in [6.45, 7) is 2.67. The van der Waals surface area contributed by atoms with Crippen molar-refractivity contribution >= 4 is 11.7 Å². The van der Waals surface area contributed by atoms with Gasteiger partial charge in [-0.25, -0.2) is 0 Å². The van der Waals surface area contributed by atoms with Gasteiger partial charge in [-0.1, -0.05) is 11.6 Å². The van der Waals surface area contributed by atoms with Crippen molar-refractivity contribution in [1.82, 2.24) is 5.32 Å². The second kappa shape index (κ2) is 5.14. The first-order valence-corrected chi connectivity index (χ1v) is 6.53. The molecule has 6 heteroatoms. The Bertz CT molecular complexity index is 346. The number of amides is 1. The van der Waals surface area contributed by atoms with Crippen LogP contribution < -0.4 is 11.1 Å². The Morgan fingerprint density at radius 1 is 1.56 bits per heavy atom. The second-order valence-corrected chi connectivity index (χ2v) is 5.14. The highest BCUT2D eigenvalue weighted by Crippen LogP contribution is 2.42. The lowest BCUT2D eigenvalue weighted by molar-refractivity contribution is -0.133. The van der Waals surface area contributed by atoms with Crippen LogP contribution in [0.15, 0.2) is 5.16 Å². The number of nitrogens with two attached hydrogens (primary N) is 1. The Labute approximate surface area is 107 Å². The summed E-state index contributed by atoms with van der Waals surface area (Å²) in [5.74, 6) is -0.0732. The number of nitrogens with one attached hydrogen (secondary N) is 1. The molecule has 2 aliphatic carbocycles. The van der Waals surface area contributed by atoms with Crippen LogP contribution in [0.25, 0.3) is 0 Å². The molecule has 2 rings (SSSR count). The maximum atomic E-state index is 12.2. The molecule has 0 atom stereocenters. The molecule has 2 fully saturated rings. The van der Waals surface area contributed by atoms with E-state index < -0.39 is 5.41 Å². The molecule has 0 aromatic carbocycles. The summed E-state index contributed by atoms with van der Waals surface area (Å²) in [5, 5.41) is 14.7. The van der Waals surface area contributed by atoms with E-state index in [0.717, 1.165) is 19.3 Å². The molecular formula is C12H21N3O3. The summed E-state index contributed by atoms with van der Waals surface area (Å²) in [6, 6.07) is 0.165. The van der Waals surface area contributed by atoms with Gasteiger partial charge in [-0.3, -0.25) is 4.79 Å². The van der Waals surface area contributed by atoms with Crippen LogP contribution in [0.3, 0.4) is 0 Å². The lowest BCUT2D eigenvalue weighted by Crippen LogP contribution is -2.58. The molecule has 0 aliphatic heterocycles. The van der Waals surface area contributed by atoms with E-state index in [9.17, 15) is 4.79 Å². The molecule has 0 saturated heterocycles. The first-order valence-electron chi connectivity index (χ1n) is 6.53. The second-order valence-electron chi connectivity index (χ2n) is 5.14. The fourth-order valence-corrected chi connectivity index (χ4v) is 2.60. The van der Waals surface area contributed by atoms with Crippen molar-refractivity contribution in [2.75, 3.05) is 6.61 Å². The molecule has 6 nitrogen and oxygen atoms in total. The van der Waals surface area contributed by atoms with E-state index in [-0.39, 0.29) is 23.9 Å². The molecule has 0 radical (unpaired) electrons. The van der Waals surface area contributed by atoms with E-state index in [1.807, 2.05) is 6.92 Å². The molecule has 102 valence electrons. The van der Waals surface area contributed by atoms with Crippen LogP contribution in [0.1, 0.15) is 39.0 Å². The summed E-state index contributed by atoms with van der Waals surface area (Å²) >= 11 is 0. The number of oxime groups is 1. The first-order chi connectivity index (χ1) is 8.62. The third-order valence-electron chi connectivity index (χ3n) is 4.07. The van der Waals surface area contributed by atoms with Crippen LogP contribution in [0.5, 0.6) is 0 Å². The molecule has 2 saturated carbocycles. The number of amidine groups is 1. The highest BCUT2D eigenvalue weighted by atomic mass is 16.5. The zero-order valence-corrected chi connectivity index (χ0v) is 10.7. The van der Waals surface area contributed by atoms with E-state index in [1.165, 1.54) is 0 Å². The predicted molar refractivity (Wildman–Crippen MR) is 66.3 cm³/mol. The number of carbonyl (C=O) groups is 1. The minimum Gasteiger partial charge on any atom is -0.409 e. The molecular weight excluding hydrogens is 234 g/mol. The summed E-state index contributed by atoms with van der Waals surface area (Å²) in [7, 11) is 0. The maximum Gasteiger partial charge on any atom is 0.234 e. The number of ether oxygens (including phenoxy) is 1. The topological polar surface area (TPSA) is 96.9 Å². The Morgan fingerprint density at radius 2 is 2.22 bits per heavy atom. The monoisotopic (exact) mass is 255 g/mol. The summed E-state index contributed by atoms with van der Waals surface area (Å²) < 4.78 is 5.44. The molecule has 0 bridgehead atoms. The number of nitrogens with zero attached hydrogens (tertiary/aromatic N) is 1. The Balaban J connectivity index is 1.85. The van der Waals surface area contributed by atoms with E-state index in [2.05, 4.69) is 10.5 Å². The van der Waals surface area contributed by atoms with Gasteiger partial charge in [0.15, 0.2) is 5.84 Å². The summed E-state index contributed by atoms with van der Waals surface area (Å²) in [6.07, 6.45) is 4.24. The predicted octanol–water partition coefficient (Wildman–Crippen LogP) is 0.587. The molecule has 0 spiro atoms. The first kappa shape index (κ1) is 13.1. The number of hydrogen-bond acceptors (Lipinski definition) is 4. The largest absolute Gasteiger partial charge is 0.409 e. The van der Waals surface area contributed by atoms with Crippen molar-refractivity contribution < 1.29 is 14.7 Å². The quantitative estimate of drug-likeness (QED) is 0.290. The van der Waals surface area contributed by atoms with Crippen LogP contribution in [-0.4, -0.2) is 35.7 Å². The van der Waals surface area contributed by atoms with Gasteiger partial charge in [0.05, 0.1) is 6.10 Å². The summed E-state index contributed by atoms with van der Waals surface area (Å²) in [5.41, 5.74) is 4.87. The van der Waals surface area contributed by atoms with E-state index in [1.54, 1.807) is 0 Å². The third kappa shape index (κ3) is 2.16. The lowest BCUT2D eigenvalue weighted by Gasteiger charge is -2.42. The highest BCUT2D eigenvalue weighted by molar-refractivity contribution is 6.07. The molecule has 2 aliphatic rings. The average molecular weight is 255 g/mol. The van der Waals surface area contributed by atoms with Crippen LogP contribution >= 0.6 is 0 Å². The van der Waals surface area contributed by atoms with Gasteiger partial charge in [-0.15, -0.1) is 0 Å². The fraction of sp³-hybridized carbons (Fsp3) is 0.833. The minimum atomic E-state index is -0.772. The Hall–Kier alpha value is -1.30. The molecule has 0 heterocycles. The van der Waals surface area contributed by atoms with E-state index in [4.69, 9.17) is 15.7 Å². The average Bonchev–Trinajstić information content (AvgIpc) is 2.24. The smallest absolute Gasteiger partial charge is 0.234 e. The molecule has 18 heavy (non-hydrogen) atoms. The van der Waals surface area contributed by atoms with Crippen LogP contribution in [0.2, 0.25) is 0 Å². The molecule has 1 amide bonds. The van der Waals surface area contributed by atoms with Crippen LogP contribution in [0, 0.1) is 5.41 Å². The highest BCUT2D eigenvalue weighted by Gasteiger charge is 2.49. The van der Waals surface area contributed by atoms with Gasteiger partial charge in [0.25, 0.3) is 0 Å². The normalized spacial score (nSPS) is 30.2. The van der Waals surface area contributed by atoms with Crippen molar-refractivity contribution in [3.05, 3.63) is 0 Å². The number of carbonyl (C=O) groups excluding carboxylic acids is 1. The standard InChI is InChI=1S/C12H21N3O3/c1-2-18-9-6-8(7-9)14-11(16)12(4-3-5-12)10(13)15-17/h8-9,17H,2-7H2,1H3,(H2,13,15)(H,14,16). The zero-order chi connectivity index (χ0) is 13.2. The van der Waals surface area contributed by atoms with E-state index >= 15 is 0 Å². The van der Waals surface area contributed by atoms with Gasteiger partial charge in [0, 0.05) is 12.6 Å². The van der Waals surface area contributed by atoms with Crippen molar-refractivity contribution in [1.29, 1.82) is 0 Å². The van der Waals surface area contributed by atoms with Crippen molar-refractivity contribution in [3.63, 3.8) is 0 Å². The lowest BCUT2D eigenvalue weighted by atomic mass is 9.67. The van der Waals surface area contributed by atoms with Gasteiger partial charge in [0.2, 0.25) is 5.91 Å². The van der Waals surface area contributed by atoms with Gasteiger partial charge >= 0.3 is 0 Å². The SMILES string of the molecule is CCOC1CC(NC(=O)C2(C(N)=NO)CCC2)C1. The van der Waals surface area contributed by atoms with Crippen LogP contribution in [-0.2, 0) is 9.53 Å². The minimum absolute atomic E-state index is 0.0342. The molecule has 4 N–H and O–H groups in total. The third-order valence-corrected chi connectivity index (χ3v) is 4.07. The fourth-order valence-electron chi connectivity index (χ4n) is 2.60. The Kier molecular flexibility index (Phi) is 3.75. The number of rotatable bonds is 5. The van der Waals surface area contributed by atoms with Gasteiger partial charge < -0.3 is 21.0 Å². The summed E-state index contributed by atoms with van der Waals surface area (Å²) in [4.78, 5) is 12.2. The molecule has 0 aromatic rings. The van der Waals surface area contributed by atoms with Crippen molar-refractivity contribution in [2.45, 2.75) is 51.2 Å². The van der Waals surface area contributed by atoms with Crippen molar-refractivity contribution in [3.8, 4) is 0 Å². The van der Waals surface area contributed by atoms with Crippen molar-refractivity contribution in [2.24, 2.45) is 16.3 Å². The van der Waals surface area contributed by atoms with Gasteiger partial charge in [0.1, 0.15) is 5.41 Å². The molecule has 0 aromatic heterocycles. The van der Waals surface area contributed by atoms with Crippen LogP contribution in [0.4, 0.5) is 0 Å². The maximum absolute atomic E-state index is 12.2. The van der Waals surface area contributed by atoms with Gasteiger partial charge in [-0.05, 0) is 32.6 Å². The number of hydrogen-bond donors (Lipinski definition) is 3. The molecule has 0 unspecified atom stereocenters.